The van der Waals surface area contributed by atoms with E-state index in [0.717, 1.165) is 38.8 Å². The molecule has 0 radical (unpaired) electrons. The van der Waals surface area contributed by atoms with Gasteiger partial charge in [-0.3, -0.25) is 14.4 Å². The van der Waals surface area contributed by atoms with Gasteiger partial charge in [0, 0.05) is 32.8 Å². The van der Waals surface area contributed by atoms with Crippen LogP contribution in [0, 0.1) is 44.5 Å². The predicted octanol–water partition coefficient (Wildman–Crippen LogP) is 4.48. The third kappa shape index (κ3) is 6.51. The normalized spacial score (nSPS) is 13.2. The van der Waals surface area contributed by atoms with E-state index in [1.54, 1.807) is 23.6 Å². The molecule has 11 heteroatoms. The molecule has 0 bridgehead atoms. The van der Waals surface area contributed by atoms with E-state index >= 15 is 0 Å². The van der Waals surface area contributed by atoms with Crippen LogP contribution in [0.1, 0.15) is 56.9 Å². The number of rotatable bonds is 4. The van der Waals surface area contributed by atoms with Gasteiger partial charge in [-0.25, -0.2) is 4.98 Å². The first kappa shape index (κ1) is 30.0. The Bertz CT molecular complexity index is 1730. The maximum Gasteiger partial charge on any atom is 0.223 e. The molecule has 1 amide bonds. The fourth-order valence-corrected chi connectivity index (χ4v) is 5.69. The number of halogens is 2. The standard InChI is InChI=1S/C30H26ClN7OS.ClH/c1-18-19(2)40-30-27(18)28(22-9-11-23(31)12-10-22)35-25(29-37-36-20(3)38(29)30)16-26(39)33-15-5-7-24-13-8-21(17-34-24)6-4-14-32;/h8-13,17,25H,14-16,32H2,1-3H3,(H,33,39);1H. The minimum Gasteiger partial charge on any atom is -0.345 e. The van der Waals surface area contributed by atoms with Crippen molar-refractivity contribution in [1.29, 1.82) is 0 Å². The lowest BCUT2D eigenvalue weighted by Gasteiger charge is -2.12. The van der Waals surface area contributed by atoms with E-state index in [-0.39, 0.29) is 31.3 Å². The molecule has 1 aliphatic heterocycles. The molecular weight excluding hydrogens is 577 g/mol. The molecule has 1 aromatic carbocycles. The molecule has 41 heavy (non-hydrogen) atoms. The molecule has 5 rings (SSSR count). The van der Waals surface area contributed by atoms with Crippen molar-refractivity contribution in [1.82, 2.24) is 25.1 Å². The Hall–Kier alpha value is -3.99. The van der Waals surface area contributed by atoms with Crippen LogP contribution in [0.5, 0.6) is 0 Å². The van der Waals surface area contributed by atoms with Gasteiger partial charge in [-0.2, -0.15) is 0 Å². The molecule has 1 atom stereocenters. The molecule has 1 aliphatic rings. The van der Waals surface area contributed by atoms with E-state index < -0.39 is 6.04 Å². The molecule has 0 fully saturated rings. The zero-order chi connectivity index (χ0) is 28.2. The maximum absolute atomic E-state index is 13.1. The van der Waals surface area contributed by atoms with E-state index in [1.165, 1.54) is 4.88 Å². The Morgan fingerprint density at radius 1 is 1.10 bits per heavy atom. The maximum atomic E-state index is 13.1. The van der Waals surface area contributed by atoms with Gasteiger partial charge >= 0.3 is 0 Å². The molecule has 0 spiro atoms. The Morgan fingerprint density at radius 2 is 1.88 bits per heavy atom. The summed E-state index contributed by atoms with van der Waals surface area (Å²) in [5.41, 5.74) is 10.7. The number of nitrogens with one attached hydrogen (secondary N) is 1. The third-order valence-corrected chi connectivity index (χ3v) is 7.87. The number of fused-ring (bicyclic) bond motifs is 3. The van der Waals surface area contributed by atoms with Gasteiger partial charge in [0.1, 0.15) is 22.6 Å². The summed E-state index contributed by atoms with van der Waals surface area (Å²) in [6.45, 7) is 6.57. The molecule has 3 aromatic heterocycles. The van der Waals surface area contributed by atoms with Crippen LogP contribution in [0.25, 0.3) is 5.00 Å². The van der Waals surface area contributed by atoms with Crippen LogP contribution in [-0.2, 0) is 4.79 Å². The minimum absolute atomic E-state index is 0. The summed E-state index contributed by atoms with van der Waals surface area (Å²) >= 11 is 7.85. The number of pyridine rings is 1. The van der Waals surface area contributed by atoms with E-state index in [1.807, 2.05) is 41.8 Å². The molecule has 1 unspecified atom stereocenters. The van der Waals surface area contributed by atoms with Crippen LogP contribution < -0.4 is 11.1 Å². The number of nitrogens with zero attached hydrogens (tertiary/aromatic N) is 5. The average molecular weight is 605 g/mol. The quantitative estimate of drug-likeness (QED) is 0.334. The SMILES string of the molecule is Cc1sc2c(c1C)C(c1ccc(Cl)cc1)=NC(CC(=O)NCC#Cc1ccc(C#CCN)cn1)c1nnc(C)n1-2.Cl. The Labute approximate surface area is 253 Å². The van der Waals surface area contributed by atoms with Crippen LogP contribution in [0.15, 0.2) is 47.6 Å². The highest BCUT2D eigenvalue weighted by atomic mass is 35.5. The number of aromatic nitrogens is 4. The second kappa shape index (κ2) is 13.1. The van der Waals surface area contributed by atoms with E-state index in [9.17, 15) is 4.79 Å². The predicted molar refractivity (Wildman–Crippen MR) is 165 cm³/mol. The summed E-state index contributed by atoms with van der Waals surface area (Å²) in [6, 6.07) is 10.7. The van der Waals surface area contributed by atoms with Gasteiger partial charge in [0.2, 0.25) is 5.91 Å². The number of carbonyl (C=O) groups is 1. The minimum atomic E-state index is -0.539. The van der Waals surface area contributed by atoms with Crippen molar-refractivity contribution >= 4 is 47.0 Å². The molecule has 208 valence electrons. The molecule has 0 aliphatic carbocycles. The Morgan fingerprint density at radius 3 is 2.59 bits per heavy atom. The van der Waals surface area contributed by atoms with Gasteiger partial charge in [0.05, 0.1) is 25.2 Å². The zero-order valence-electron chi connectivity index (χ0n) is 22.7. The highest BCUT2D eigenvalue weighted by Crippen LogP contribution is 2.39. The first-order valence-corrected chi connectivity index (χ1v) is 13.8. The molecule has 0 saturated carbocycles. The van der Waals surface area contributed by atoms with Gasteiger partial charge in [-0.15, -0.1) is 33.9 Å². The number of amides is 1. The number of hydrogen-bond acceptors (Lipinski definition) is 7. The number of thiophene rings is 1. The van der Waals surface area contributed by atoms with Crippen LogP contribution in [0.4, 0.5) is 0 Å². The van der Waals surface area contributed by atoms with E-state index in [4.69, 9.17) is 22.3 Å². The molecule has 8 nitrogen and oxygen atoms in total. The number of aryl methyl sites for hydroxylation is 2. The van der Waals surface area contributed by atoms with Crippen LogP contribution >= 0.6 is 35.3 Å². The highest BCUT2D eigenvalue weighted by molar-refractivity contribution is 7.15. The fourth-order valence-electron chi connectivity index (χ4n) is 4.35. The first-order valence-electron chi connectivity index (χ1n) is 12.6. The van der Waals surface area contributed by atoms with Crippen LogP contribution in [-0.4, -0.2) is 44.5 Å². The summed E-state index contributed by atoms with van der Waals surface area (Å²) in [5.74, 6) is 12.8. The number of hydrogen-bond donors (Lipinski definition) is 2. The second-order valence-corrected chi connectivity index (χ2v) is 10.8. The van der Waals surface area contributed by atoms with Gasteiger partial charge in [0.25, 0.3) is 0 Å². The lowest BCUT2D eigenvalue weighted by molar-refractivity contribution is -0.121. The summed E-state index contributed by atoms with van der Waals surface area (Å²) in [6.07, 6.45) is 1.74. The Balaban J connectivity index is 0.00000387. The zero-order valence-corrected chi connectivity index (χ0v) is 25.0. The summed E-state index contributed by atoms with van der Waals surface area (Å²) in [5, 5.41) is 13.3. The lowest BCUT2D eigenvalue weighted by Crippen LogP contribution is -2.25. The number of benzene rings is 1. The molecular formula is C30H27Cl2N7OS. The van der Waals surface area contributed by atoms with Gasteiger partial charge in [-0.05, 0) is 56.5 Å². The van der Waals surface area contributed by atoms with Gasteiger partial charge < -0.3 is 11.1 Å². The number of carbonyl (C=O) groups excluding carboxylic acids is 1. The molecule has 4 aromatic rings. The number of aliphatic imine (C=N–C) groups is 1. The van der Waals surface area contributed by atoms with E-state index in [0.29, 0.717) is 23.1 Å². The van der Waals surface area contributed by atoms with Crippen molar-refractivity contribution in [2.45, 2.75) is 33.2 Å². The highest BCUT2D eigenvalue weighted by Gasteiger charge is 2.32. The monoisotopic (exact) mass is 603 g/mol. The van der Waals surface area contributed by atoms with Crippen molar-refractivity contribution in [2.75, 3.05) is 13.1 Å². The largest absolute Gasteiger partial charge is 0.345 e. The molecule has 0 saturated heterocycles. The van der Waals surface area contributed by atoms with Gasteiger partial charge in [-0.1, -0.05) is 41.5 Å². The average Bonchev–Trinajstić information content (AvgIpc) is 3.43. The summed E-state index contributed by atoms with van der Waals surface area (Å²) in [7, 11) is 0. The lowest BCUT2D eigenvalue weighted by atomic mass is 9.99. The van der Waals surface area contributed by atoms with Crippen molar-refractivity contribution in [3.63, 3.8) is 0 Å². The smallest absolute Gasteiger partial charge is 0.223 e. The van der Waals surface area contributed by atoms with Crippen molar-refractivity contribution in [3.05, 3.63) is 92.1 Å². The van der Waals surface area contributed by atoms with Crippen LogP contribution in [0.2, 0.25) is 5.02 Å². The summed E-state index contributed by atoms with van der Waals surface area (Å²) < 4.78 is 2.03. The van der Waals surface area contributed by atoms with Crippen molar-refractivity contribution in [2.24, 2.45) is 10.7 Å². The third-order valence-electron chi connectivity index (χ3n) is 6.42. The molecule has 3 N–H and O–H groups in total. The summed E-state index contributed by atoms with van der Waals surface area (Å²) in [4.78, 5) is 23.6. The van der Waals surface area contributed by atoms with Crippen LogP contribution in [0.3, 0.4) is 0 Å². The van der Waals surface area contributed by atoms with Gasteiger partial charge in [0.15, 0.2) is 5.82 Å². The fraction of sp³-hybridized carbons (Fsp3) is 0.233. The Kier molecular flexibility index (Phi) is 9.59. The van der Waals surface area contributed by atoms with E-state index in [2.05, 4.69) is 58.0 Å². The molecule has 4 heterocycles. The number of nitrogens with two attached hydrogens (primary N) is 1. The van der Waals surface area contributed by atoms with Crippen molar-refractivity contribution < 1.29 is 4.79 Å². The second-order valence-electron chi connectivity index (χ2n) is 9.13. The topological polar surface area (TPSA) is 111 Å². The van der Waals surface area contributed by atoms with Crippen molar-refractivity contribution in [3.8, 4) is 28.7 Å². The first-order chi connectivity index (χ1) is 19.4.